The summed E-state index contributed by atoms with van der Waals surface area (Å²) in [5, 5.41) is 0. The summed E-state index contributed by atoms with van der Waals surface area (Å²) < 4.78 is 0. The molecule has 0 aromatic carbocycles. The standard InChI is InChI=1S/C13H16/c1-4-6-13-10-8-11(3)7-9-12(13)5-2/h4-10,12H,2H2,1,3H3/b6-4-. The minimum Gasteiger partial charge on any atom is -0.102 e. The lowest BCUT2D eigenvalue weighted by Gasteiger charge is -2.06. The third-order valence-corrected chi connectivity index (χ3v) is 2.10. The van der Waals surface area contributed by atoms with Crippen LogP contribution in [0.3, 0.4) is 0 Å². The van der Waals surface area contributed by atoms with Crippen LogP contribution in [0.1, 0.15) is 13.8 Å². The fourth-order valence-corrected chi connectivity index (χ4v) is 1.33. The largest absolute Gasteiger partial charge is 0.102 e. The molecule has 0 saturated heterocycles. The van der Waals surface area contributed by atoms with Crippen molar-refractivity contribution in [2.75, 3.05) is 0 Å². The van der Waals surface area contributed by atoms with Crippen LogP contribution < -0.4 is 0 Å². The molecule has 1 aliphatic carbocycles. The molecule has 68 valence electrons. The SMILES string of the molecule is C=CC1C=CC(C)=CC=C1/C=C\C. The van der Waals surface area contributed by atoms with Gasteiger partial charge in [0.05, 0.1) is 0 Å². The summed E-state index contributed by atoms with van der Waals surface area (Å²) in [4.78, 5) is 0. The lowest BCUT2D eigenvalue weighted by molar-refractivity contribution is 1.01. The minimum absolute atomic E-state index is 0.352. The predicted molar refractivity (Wildman–Crippen MR) is 59.5 cm³/mol. The molecule has 13 heavy (non-hydrogen) atoms. The first-order valence-corrected chi connectivity index (χ1v) is 4.60. The van der Waals surface area contributed by atoms with Gasteiger partial charge in [0.2, 0.25) is 0 Å². The van der Waals surface area contributed by atoms with Crippen LogP contribution in [0, 0.1) is 5.92 Å². The summed E-state index contributed by atoms with van der Waals surface area (Å²) in [7, 11) is 0. The fourth-order valence-electron chi connectivity index (χ4n) is 1.33. The molecule has 0 bridgehead atoms. The first-order chi connectivity index (χ1) is 6.27. The Bertz CT molecular complexity index is 298. The maximum absolute atomic E-state index is 3.83. The van der Waals surface area contributed by atoms with E-state index in [-0.39, 0.29) is 0 Å². The van der Waals surface area contributed by atoms with Crippen molar-refractivity contribution in [3.63, 3.8) is 0 Å². The molecule has 0 heteroatoms. The van der Waals surface area contributed by atoms with E-state index in [0.29, 0.717) is 5.92 Å². The van der Waals surface area contributed by atoms with E-state index in [1.54, 1.807) is 0 Å². The monoisotopic (exact) mass is 172 g/mol. The molecule has 0 N–H and O–H groups in total. The Morgan fingerprint density at radius 2 is 2.15 bits per heavy atom. The zero-order valence-electron chi connectivity index (χ0n) is 8.33. The minimum atomic E-state index is 0.352. The van der Waals surface area contributed by atoms with Gasteiger partial charge in [-0.05, 0) is 19.4 Å². The van der Waals surface area contributed by atoms with Crippen LogP contribution in [0.2, 0.25) is 0 Å². The molecule has 0 nitrogen and oxygen atoms in total. The second-order valence-corrected chi connectivity index (χ2v) is 3.20. The van der Waals surface area contributed by atoms with Crippen molar-refractivity contribution >= 4 is 0 Å². The molecule has 1 atom stereocenters. The molecule has 0 heterocycles. The van der Waals surface area contributed by atoms with Gasteiger partial charge in [0.15, 0.2) is 0 Å². The van der Waals surface area contributed by atoms with Crippen LogP contribution in [-0.4, -0.2) is 0 Å². The molecule has 1 rings (SSSR count). The van der Waals surface area contributed by atoms with Gasteiger partial charge in [-0.25, -0.2) is 0 Å². The molecule has 0 aromatic rings. The van der Waals surface area contributed by atoms with Crippen LogP contribution in [0.25, 0.3) is 0 Å². The highest BCUT2D eigenvalue weighted by molar-refractivity contribution is 5.38. The summed E-state index contributed by atoms with van der Waals surface area (Å²) >= 11 is 0. The van der Waals surface area contributed by atoms with E-state index in [1.165, 1.54) is 11.1 Å². The summed E-state index contributed by atoms with van der Waals surface area (Å²) in [6, 6.07) is 0. The highest BCUT2D eigenvalue weighted by Gasteiger charge is 2.04. The van der Waals surface area contributed by atoms with E-state index in [4.69, 9.17) is 0 Å². The van der Waals surface area contributed by atoms with E-state index in [1.807, 2.05) is 13.0 Å². The lowest BCUT2D eigenvalue weighted by Crippen LogP contribution is -1.92. The average molecular weight is 172 g/mol. The van der Waals surface area contributed by atoms with Crippen LogP contribution >= 0.6 is 0 Å². The van der Waals surface area contributed by atoms with E-state index < -0.39 is 0 Å². The first kappa shape index (κ1) is 9.79. The number of rotatable bonds is 2. The predicted octanol–water partition coefficient (Wildman–Crippen LogP) is 3.81. The molecule has 0 amide bonds. The molecule has 0 fully saturated rings. The van der Waals surface area contributed by atoms with E-state index in [9.17, 15) is 0 Å². The van der Waals surface area contributed by atoms with Crippen molar-refractivity contribution in [2.45, 2.75) is 13.8 Å². The van der Waals surface area contributed by atoms with Gasteiger partial charge in [-0.15, -0.1) is 6.58 Å². The zero-order valence-corrected chi connectivity index (χ0v) is 8.33. The number of hydrogen-bond acceptors (Lipinski definition) is 0. The lowest BCUT2D eigenvalue weighted by atomic mass is 9.99. The van der Waals surface area contributed by atoms with Crippen molar-refractivity contribution in [3.05, 3.63) is 60.3 Å². The molecular formula is C13H16. The van der Waals surface area contributed by atoms with Gasteiger partial charge in [0.1, 0.15) is 0 Å². The second kappa shape index (κ2) is 4.66. The second-order valence-electron chi connectivity index (χ2n) is 3.20. The van der Waals surface area contributed by atoms with E-state index >= 15 is 0 Å². The summed E-state index contributed by atoms with van der Waals surface area (Å²) in [5.41, 5.74) is 2.58. The van der Waals surface area contributed by atoms with Gasteiger partial charge in [-0.1, -0.05) is 48.1 Å². The van der Waals surface area contributed by atoms with Gasteiger partial charge in [-0.3, -0.25) is 0 Å². The number of allylic oxidation sites excluding steroid dienone is 9. The first-order valence-electron chi connectivity index (χ1n) is 4.60. The summed E-state index contributed by atoms with van der Waals surface area (Å²) in [6.45, 7) is 7.97. The van der Waals surface area contributed by atoms with Crippen LogP contribution in [-0.2, 0) is 0 Å². The van der Waals surface area contributed by atoms with Gasteiger partial charge in [0.25, 0.3) is 0 Å². The Morgan fingerprint density at radius 1 is 1.38 bits per heavy atom. The van der Waals surface area contributed by atoms with Gasteiger partial charge < -0.3 is 0 Å². The van der Waals surface area contributed by atoms with Gasteiger partial charge >= 0.3 is 0 Å². The van der Waals surface area contributed by atoms with Gasteiger partial charge in [0, 0.05) is 5.92 Å². The Balaban J connectivity index is 3.00. The molecule has 1 unspecified atom stereocenters. The smallest absolute Gasteiger partial charge is 0.0199 e. The third-order valence-electron chi connectivity index (χ3n) is 2.10. The third kappa shape index (κ3) is 2.59. The molecule has 1 aliphatic rings. The van der Waals surface area contributed by atoms with Crippen molar-refractivity contribution < 1.29 is 0 Å². The average Bonchev–Trinajstić information content (AvgIpc) is 2.30. The zero-order chi connectivity index (χ0) is 9.68. The van der Waals surface area contributed by atoms with Crippen LogP contribution in [0.15, 0.2) is 60.3 Å². The Hall–Kier alpha value is -1.30. The Kier molecular flexibility index (Phi) is 3.51. The molecule has 0 spiro atoms. The van der Waals surface area contributed by atoms with Crippen molar-refractivity contribution in [3.8, 4) is 0 Å². The van der Waals surface area contributed by atoms with Crippen LogP contribution in [0.5, 0.6) is 0 Å². The fraction of sp³-hybridized carbons (Fsp3) is 0.231. The molecule has 0 saturated carbocycles. The quantitative estimate of drug-likeness (QED) is 0.556. The summed E-state index contributed by atoms with van der Waals surface area (Å²) in [6.07, 6.45) is 14.8. The molecular weight excluding hydrogens is 156 g/mol. The highest BCUT2D eigenvalue weighted by Crippen LogP contribution is 2.20. The maximum Gasteiger partial charge on any atom is 0.0199 e. The molecule has 0 aliphatic heterocycles. The van der Waals surface area contributed by atoms with Crippen LogP contribution in [0.4, 0.5) is 0 Å². The topological polar surface area (TPSA) is 0 Å². The van der Waals surface area contributed by atoms with Gasteiger partial charge in [-0.2, -0.15) is 0 Å². The van der Waals surface area contributed by atoms with Crippen molar-refractivity contribution in [2.24, 2.45) is 5.92 Å². The summed E-state index contributed by atoms with van der Waals surface area (Å²) in [5.74, 6) is 0.352. The van der Waals surface area contributed by atoms with E-state index in [0.717, 1.165) is 0 Å². The normalized spacial score (nSPS) is 22.5. The maximum atomic E-state index is 3.83. The van der Waals surface area contributed by atoms with Crippen molar-refractivity contribution in [1.29, 1.82) is 0 Å². The Labute approximate surface area is 80.7 Å². The molecule has 0 radical (unpaired) electrons. The Morgan fingerprint density at radius 3 is 2.77 bits per heavy atom. The van der Waals surface area contributed by atoms with Crippen molar-refractivity contribution in [1.82, 2.24) is 0 Å². The molecule has 0 aromatic heterocycles. The number of hydrogen-bond donors (Lipinski definition) is 0. The van der Waals surface area contributed by atoms with E-state index in [2.05, 4.69) is 50.0 Å². The highest BCUT2D eigenvalue weighted by atomic mass is 14.1.